The first-order valence-corrected chi connectivity index (χ1v) is 3.10. The maximum atomic E-state index is 5.27. The molecule has 2 nitrogen and oxygen atoms in total. The van der Waals surface area contributed by atoms with Crippen molar-refractivity contribution in [2.24, 2.45) is 0 Å². The molecule has 0 radical (unpaired) electrons. The molecule has 0 aromatic carbocycles. The molecule has 52 valence electrons. The highest BCUT2D eigenvalue weighted by Gasteiger charge is 1.89. The third kappa shape index (κ3) is 2.22. The van der Waals surface area contributed by atoms with Crippen LogP contribution in [-0.2, 0) is 0 Å². The first kappa shape index (κ1) is 8.08. The maximum Gasteiger partial charge on any atom is 0.192 e. The number of nitrogen functional groups attached to an aromatic ring is 1. The van der Waals surface area contributed by atoms with Crippen molar-refractivity contribution in [1.29, 1.82) is 0 Å². The lowest BCUT2D eigenvalue weighted by Crippen LogP contribution is -1.80. The SMILES string of the molecule is CC.Cc1ccoc1N. The first-order chi connectivity index (χ1) is 4.30. The molecule has 2 heteroatoms. The van der Waals surface area contributed by atoms with Gasteiger partial charge in [-0.1, -0.05) is 13.8 Å². The molecule has 9 heavy (non-hydrogen) atoms. The minimum atomic E-state index is 0.514. The molecule has 0 aliphatic carbocycles. The summed E-state index contributed by atoms with van der Waals surface area (Å²) in [5, 5.41) is 0. The number of anilines is 1. The van der Waals surface area contributed by atoms with Gasteiger partial charge in [0, 0.05) is 5.56 Å². The second-order valence-electron chi connectivity index (χ2n) is 1.47. The van der Waals surface area contributed by atoms with Gasteiger partial charge < -0.3 is 10.2 Å². The quantitative estimate of drug-likeness (QED) is 0.580. The van der Waals surface area contributed by atoms with Crippen LogP contribution in [0.25, 0.3) is 0 Å². The van der Waals surface area contributed by atoms with Gasteiger partial charge in [-0.25, -0.2) is 0 Å². The molecule has 0 atom stereocenters. The van der Waals surface area contributed by atoms with Crippen LogP contribution in [0.1, 0.15) is 19.4 Å². The lowest BCUT2D eigenvalue weighted by Gasteiger charge is -1.80. The molecule has 0 aliphatic heterocycles. The van der Waals surface area contributed by atoms with Crippen LogP contribution < -0.4 is 5.73 Å². The Morgan fingerprint density at radius 2 is 2.00 bits per heavy atom. The number of furan rings is 1. The number of nitrogens with two attached hydrogens (primary N) is 1. The lowest BCUT2D eigenvalue weighted by atomic mass is 10.4. The van der Waals surface area contributed by atoms with Crippen molar-refractivity contribution >= 4 is 5.88 Å². The third-order valence-electron chi connectivity index (χ3n) is 0.902. The normalized spacial score (nSPS) is 7.89. The Kier molecular flexibility index (Phi) is 3.60. The van der Waals surface area contributed by atoms with Gasteiger partial charge in [-0.3, -0.25) is 0 Å². The van der Waals surface area contributed by atoms with Gasteiger partial charge in [0.25, 0.3) is 0 Å². The molecule has 1 heterocycles. The van der Waals surface area contributed by atoms with E-state index in [0.717, 1.165) is 5.56 Å². The van der Waals surface area contributed by atoms with Gasteiger partial charge in [-0.05, 0) is 13.0 Å². The van der Waals surface area contributed by atoms with Crippen molar-refractivity contribution in [3.05, 3.63) is 17.9 Å². The predicted molar refractivity (Wildman–Crippen MR) is 39.2 cm³/mol. The molecule has 2 N–H and O–H groups in total. The zero-order chi connectivity index (χ0) is 7.28. The second kappa shape index (κ2) is 4.01. The third-order valence-corrected chi connectivity index (χ3v) is 0.902. The van der Waals surface area contributed by atoms with Gasteiger partial charge in [-0.2, -0.15) is 0 Å². The van der Waals surface area contributed by atoms with E-state index in [4.69, 9.17) is 10.2 Å². The smallest absolute Gasteiger partial charge is 0.192 e. The Balaban J connectivity index is 0.000000291. The zero-order valence-corrected chi connectivity index (χ0v) is 6.14. The summed E-state index contributed by atoms with van der Waals surface area (Å²) < 4.78 is 4.74. The van der Waals surface area contributed by atoms with Crippen LogP contribution in [0.3, 0.4) is 0 Å². The largest absolute Gasteiger partial charge is 0.449 e. The zero-order valence-electron chi connectivity index (χ0n) is 6.14. The molecule has 0 saturated carbocycles. The fourth-order valence-corrected chi connectivity index (χ4v) is 0.384. The lowest BCUT2D eigenvalue weighted by molar-refractivity contribution is 0.586. The van der Waals surface area contributed by atoms with Gasteiger partial charge >= 0.3 is 0 Å². The van der Waals surface area contributed by atoms with E-state index >= 15 is 0 Å². The van der Waals surface area contributed by atoms with Gasteiger partial charge in [0.05, 0.1) is 6.26 Å². The van der Waals surface area contributed by atoms with Crippen LogP contribution in [0.15, 0.2) is 16.7 Å². The summed E-state index contributed by atoms with van der Waals surface area (Å²) in [7, 11) is 0. The second-order valence-corrected chi connectivity index (χ2v) is 1.47. The van der Waals surface area contributed by atoms with Gasteiger partial charge in [0.2, 0.25) is 0 Å². The molecule has 0 saturated heterocycles. The Hall–Kier alpha value is -0.920. The van der Waals surface area contributed by atoms with Crippen LogP contribution in [0.4, 0.5) is 5.88 Å². The predicted octanol–water partition coefficient (Wildman–Crippen LogP) is 2.20. The number of aryl methyl sites for hydroxylation is 1. The Morgan fingerprint density at radius 1 is 1.44 bits per heavy atom. The van der Waals surface area contributed by atoms with Crippen LogP contribution >= 0.6 is 0 Å². The fraction of sp³-hybridized carbons (Fsp3) is 0.429. The number of rotatable bonds is 0. The summed E-state index contributed by atoms with van der Waals surface area (Å²) in [6.07, 6.45) is 1.57. The molecule has 0 aliphatic rings. The van der Waals surface area contributed by atoms with E-state index < -0.39 is 0 Å². The highest BCUT2D eigenvalue weighted by atomic mass is 16.3. The first-order valence-electron chi connectivity index (χ1n) is 3.10. The van der Waals surface area contributed by atoms with Gasteiger partial charge in [0.1, 0.15) is 0 Å². The summed E-state index contributed by atoms with van der Waals surface area (Å²) in [5.74, 6) is 0.514. The molecule has 1 aromatic rings. The Labute approximate surface area is 55.7 Å². The van der Waals surface area contributed by atoms with Crippen LogP contribution in [-0.4, -0.2) is 0 Å². The minimum Gasteiger partial charge on any atom is -0.449 e. The van der Waals surface area contributed by atoms with Crippen molar-refractivity contribution < 1.29 is 4.42 Å². The van der Waals surface area contributed by atoms with Gasteiger partial charge in [-0.15, -0.1) is 0 Å². The van der Waals surface area contributed by atoms with Crippen molar-refractivity contribution in [1.82, 2.24) is 0 Å². The number of hydrogen-bond acceptors (Lipinski definition) is 2. The molecule has 0 bridgehead atoms. The van der Waals surface area contributed by atoms with Crippen molar-refractivity contribution in [3.8, 4) is 0 Å². The van der Waals surface area contributed by atoms with Crippen molar-refractivity contribution in [3.63, 3.8) is 0 Å². The van der Waals surface area contributed by atoms with Crippen molar-refractivity contribution in [2.45, 2.75) is 20.8 Å². The van der Waals surface area contributed by atoms with Crippen LogP contribution in [0.2, 0.25) is 0 Å². The maximum absolute atomic E-state index is 5.27. The molecule has 0 unspecified atom stereocenters. The molecule has 0 amide bonds. The van der Waals surface area contributed by atoms with E-state index in [1.165, 1.54) is 0 Å². The fourth-order valence-electron chi connectivity index (χ4n) is 0.384. The molecular formula is C7H13NO. The van der Waals surface area contributed by atoms with Gasteiger partial charge in [0.15, 0.2) is 5.88 Å². The summed E-state index contributed by atoms with van der Waals surface area (Å²) in [6.45, 7) is 5.90. The van der Waals surface area contributed by atoms with Crippen LogP contribution in [0.5, 0.6) is 0 Å². The topological polar surface area (TPSA) is 39.2 Å². The summed E-state index contributed by atoms with van der Waals surface area (Å²) in [6, 6.07) is 1.83. The molecule has 0 fully saturated rings. The van der Waals surface area contributed by atoms with E-state index in [9.17, 15) is 0 Å². The van der Waals surface area contributed by atoms with E-state index in [1.807, 2.05) is 26.8 Å². The average Bonchev–Trinajstić information content (AvgIpc) is 2.23. The number of hydrogen-bond donors (Lipinski definition) is 1. The molecule has 1 rings (SSSR count). The highest BCUT2D eigenvalue weighted by Crippen LogP contribution is 2.08. The highest BCUT2D eigenvalue weighted by molar-refractivity contribution is 5.33. The van der Waals surface area contributed by atoms with E-state index in [0.29, 0.717) is 5.88 Å². The summed E-state index contributed by atoms with van der Waals surface area (Å²) >= 11 is 0. The monoisotopic (exact) mass is 127 g/mol. The summed E-state index contributed by atoms with van der Waals surface area (Å²) in [4.78, 5) is 0. The molecule has 1 aromatic heterocycles. The summed E-state index contributed by atoms with van der Waals surface area (Å²) in [5.41, 5.74) is 6.27. The van der Waals surface area contributed by atoms with E-state index in [-0.39, 0.29) is 0 Å². The Morgan fingerprint density at radius 3 is 2.11 bits per heavy atom. The van der Waals surface area contributed by atoms with E-state index in [2.05, 4.69) is 0 Å². The van der Waals surface area contributed by atoms with E-state index in [1.54, 1.807) is 6.26 Å². The minimum absolute atomic E-state index is 0.514. The Bertz CT molecular complexity index is 141. The van der Waals surface area contributed by atoms with Crippen LogP contribution in [0, 0.1) is 6.92 Å². The average molecular weight is 127 g/mol. The van der Waals surface area contributed by atoms with Crippen molar-refractivity contribution in [2.75, 3.05) is 5.73 Å². The molecular weight excluding hydrogens is 114 g/mol. The molecule has 0 spiro atoms. The standard InChI is InChI=1S/C5H7NO.C2H6/c1-4-2-3-7-5(4)6;1-2/h2-3H,6H2,1H3;1-2H3.